The summed E-state index contributed by atoms with van der Waals surface area (Å²) in [6, 6.07) is 23.7. The fourth-order valence-electron chi connectivity index (χ4n) is 3.86. The van der Waals surface area contributed by atoms with Gasteiger partial charge in [0.15, 0.2) is 0 Å². The monoisotopic (exact) mass is 461 g/mol. The lowest BCUT2D eigenvalue weighted by molar-refractivity contribution is -0.131. The van der Waals surface area contributed by atoms with Gasteiger partial charge in [-0.15, -0.1) is 0 Å². The van der Waals surface area contributed by atoms with Gasteiger partial charge in [-0.3, -0.25) is 0 Å². The number of aliphatic carboxylic acids is 1. The van der Waals surface area contributed by atoms with Crippen LogP contribution in [0.1, 0.15) is 35.7 Å². The van der Waals surface area contributed by atoms with Crippen LogP contribution in [-0.4, -0.2) is 16.1 Å². The molecule has 1 aromatic heterocycles. The average Bonchev–Trinajstić information content (AvgIpc) is 3.20. The molecule has 32 heavy (non-hydrogen) atoms. The zero-order chi connectivity index (χ0) is 22.7. The lowest BCUT2D eigenvalue weighted by Gasteiger charge is -2.16. The minimum atomic E-state index is -0.974. The van der Waals surface area contributed by atoms with E-state index >= 15 is 0 Å². The zero-order valence-electron chi connectivity index (χ0n) is 17.4. The van der Waals surface area contributed by atoms with E-state index in [2.05, 4.69) is 30.1 Å². The van der Waals surface area contributed by atoms with Gasteiger partial charge in [-0.05, 0) is 59.0 Å². The van der Waals surface area contributed by atoms with Crippen molar-refractivity contribution in [1.82, 2.24) is 4.98 Å². The Morgan fingerprint density at radius 1 is 1.00 bits per heavy atom. The molecule has 0 unspecified atom stereocenters. The van der Waals surface area contributed by atoms with Crippen molar-refractivity contribution in [1.29, 1.82) is 0 Å². The summed E-state index contributed by atoms with van der Waals surface area (Å²) in [4.78, 5) is 14.4. The number of hydrogen-bond acceptors (Lipinski definition) is 1. The van der Waals surface area contributed by atoms with Crippen molar-refractivity contribution >= 4 is 57.3 Å². The van der Waals surface area contributed by atoms with Crippen LogP contribution in [0.15, 0.2) is 78.9 Å². The predicted octanol–water partition coefficient (Wildman–Crippen LogP) is 7.94. The summed E-state index contributed by atoms with van der Waals surface area (Å²) in [6.07, 6.45) is 3.47. The van der Waals surface area contributed by atoms with Crippen molar-refractivity contribution in [3.8, 4) is 0 Å². The van der Waals surface area contributed by atoms with Gasteiger partial charge in [0, 0.05) is 38.3 Å². The van der Waals surface area contributed by atoms with Gasteiger partial charge in [-0.25, -0.2) is 4.79 Å². The number of hydrogen-bond donors (Lipinski definition) is 2. The Hall–Kier alpha value is -3.27. The first-order valence-corrected chi connectivity index (χ1v) is 11.0. The maximum Gasteiger partial charge on any atom is 0.328 e. The highest BCUT2D eigenvalue weighted by Gasteiger charge is 2.17. The van der Waals surface area contributed by atoms with Gasteiger partial charge < -0.3 is 10.1 Å². The third-order valence-corrected chi connectivity index (χ3v) is 5.88. The van der Waals surface area contributed by atoms with E-state index in [1.54, 1.807) is 12.1 Å². The van der Waals surface area contributed by atoms with Crippen LogP contribution in [0.2, 0.25) is 10.0 Å². The second kappa shape index (κ2) is 9.47. The van der Waals surface area contributed by atoms with Crippen molar-refractivity contribution in [3.05, 3.63) is 111 Å². The molecule has 160 valence electrons. The number of aromatic amines is 1. The second-order valence-electron chi connectivity index (χ2n) is 7.40. The van der Waals surface area contributed by atoms with Crippen LogP contribution in [0.4, 0.5) is 0 Å². The van der Waals surface area contributed by atoms with E-state index in [-0.39, 0.29) is 0 Å². The Bertz CT molecular complexity index is 1310. The van der Waals surface area contributed by atoms with E-state index in [0.29, 0.717) is 10.0 Å². The topological polar surface area (TPSA) is 53.1 Å². The molecule has 0 radical (unpaired) electrons. The molecule has 0 aliphatic heterocycles. The van der Waals surface area contributed by atoms with Gasteiger partial charge in [0.05, 0.1) is 0 Å². The van der Waals surface area contributed by atoms with Crippen molar-refractivity contribution in [2.75, 3.05) is 0 Å². The Morgan fingerprint density at radius 2 is 1.75 bits per heavy atom. The number of nitrogens with one attached hydrogen (secondary N) is 1. The summed E-state index contributed by atoms with van der Waals surface area (Å²) in [6.45, 7) is 2.10. The summed E-state index contributed by atoms with van der Waals surface area (Å²) in [5, 5.41) is 11.2. The van der Waals surface area contributed by atoms with Crippen LogP contribution in [0.5, 0.6) is 0 Å². The Morgan fingerprint density at radius 3 is 2.41 bits per heavy atom. The molecule has 0 aliphatic carbocycles. The number of carbonyl (C=O) groups is 1. The summed E-state index contributed by atoms with van der Waals surface area (Å²) in [7, 11) is 0. The van der Waals surface area contributed by atoms with E-state index in [1.807, 2.05) is 48.5 Å². The molecule has 4 rings (SSSR count). The van der Waals surface area contributed by atoms with Crippen molar-refractivity contribution < 1.29 is 9.90 Å². The molecule has 0 aliphatic rings. The summed E-state index contributed by atoms with van der Waals surface area (Å²) >= 11 is 12.7. The highest BCUT2D eigenvalue weighted by molar-refractivity contribution is 6.36. The van der Waals surface area contributed by atoms with E-state index < -0.39 is 5.97 Å². The molecule has 0 fully saturated rings. The van der Waals surface area contributed by atoms with Gasteiger partial charge in [0.2, 0.25) is 0 Å². The number of rotatable bonds is 6. The summed E-state index contributed by atoms with van der Waals surface area (Å²) in [5.74, 6) is -0.974. The summed E-state index contributed by atoms with van der Waals surface area (Å²) < 4.78 is 0. The largest absolute Gasteiger partial charge is 0.478 e. The van der Waals surface area contributed by atoms with Crippen molar-refractivity contribution in [3.63, 3.8) is 0 Å². The molecule has 0 spiro atoms. The average molecular weight is 462 g/mol. The SMILES string of the molecule is CC/C(=C(/c1ccc(/C=C/C(=O)O)cc1)c1cc2ccccc2[nH]1)c1ccc(Cl)cc1Cl. The molecule has 0 bridgehead atoms. The van der Waals surface area contributed by atoms with Gasteiger partial charge in [-0.2, -0.15) is 0 Å². The maximum absolute atomic E-state index is 10.8. The number of para-hydroxylation sites is 1. The Balaban J connectivity index is 1.93. The minimum absolute atomic E-state index is 0.593. The molecule has 3 nitrogen and oxygen atoms in total. The first-order chi connectivity index (χ1) is 15.5. The van der Waals surface area contributed by atoms with Crippen molar-refractivity contribution in [2.24, 2.45) is 0 Å². The molecule has 2 N–H and O–H groups in total. The third-order valence-electron chi connectivity index (χ3n) is 5.33. The number of carboxylic acids is 1. The molecule has 0 saturated carbocycles. The number of halogens is 2. The highest BCUT2D eigenvalue weighted by atomic mass is 35.5. The number of carboxylic acid groups (broad SMARTS) is 1. The number of allylic oxidation sites excluding steroid dienone is 1. The molecule has 5 heteroatoms. The lowest BCUT2D eigenvalue weighted by atomic mass is 9.90. The van der Waals surface area contributed by atoms with Gasteiger partial charge in [-0.1, -0.05) is 78.7 Å². The first kappa shape index (κ1) is 21.9. The summed E-state index contributed by atoms with van der Waals surface area (Å²) in [5.41, 5.74) is 6.93. The molecule has 3 aromatic carbocycles. The molecular formula is C27H21Cl2NO2. The lowest BCUT2D eigenvalue weighted by Crippen LogP contribution is -1.96. The number of H-pyrrole nitrogens is 1. The van der Waals surface area contributed by atoms with Crippen LogP contribution in [0.3, 0.4) is 0 Å². The second-order valence-corrected chi connectivity index (χ2v) is 8.24. The smallest absolute Gasteiger partial charge is 0.328 e. The van der Waals surface area contributed by atoms with E-state index in [0.717, 1.165) is 56.9 Å². The Labute approximate surface area is 196 Å². The van der Waals surface area contributed by atoms with Gasteiger partial charge in [0.1, 0.15) is 0 Å². The predicted molar refractivity (Wildman–Crippen MR) is 134 cm³/mol. The fraction of sp³-hybridized carbons (Fsp3) is 0.0741. The van der Waals surface area contributed by atoms with Crippen LogP contribution in [0.25, 0.3) is 28.1 Å². The van der Waals surface area contributed by atoms with Crippen molar-refractivity contribution in [2.45, 2.75) is 13.3 Å². The van der Waals surface area contributed by atoms with E-state index in [4.69, 9.17) is 28.3 Å². The van der Waals surface area contributed by atoms with Gasteiger partial charge >= 0.3 is 5.97 Å². The first-order valence-electron chi connectivity index (χ1n) is 10.2. The molecular weight excluding hydrogens is 441 g/mol. The van der Waals surface area contributed by atoms with E-state index in [1.165, 1.54) is 0 Å². The molecule has 0 atom stereocenters. The molecule has 1 heterocycles. The van der Waals surface area contributed by atoms with E-state index in [9.17, 15) is 4.79 Å². The zero-order valence-corrected chi connectivity index (χ0v) is 18.9. The van der Waals surface area contributed by atoms with Crippen LogP contribution >= 0.6 is 23.2 Å². The van der Waals surface area contributed by atoms with Crippen LogP contribution in [0, 0.1) is 0 Å². The highest BCUT2D eigenvalue weighted by Crippen LogP contribution is 2.38. The third kappa shape index (κ3) is 4.64. The molecule has 0 amide bonds. The van der Waals surface area contributed by atoms with Crippen LogP contribution < -0.4 is 0 Å². The Kier molecular flexibility index (Phi) is 6.50. The van der Waals surface area contributed by atoms with Crippen LogP contribution in [-0.2, 0) is 4.79 Å². The number of aromatic nitrogens is 1. The number of benzene rings is 3. The minimum Gasteiger partial charge on any atom is -0.478 e. The quantitative estimate of drug-likeness (QED) is 0.226. The fourth-order valence-corrected chi connectivity index (χ4v) is 4.39. The molecule has 4 aromatic rings. The standard InChI is InChI=1S/C27H21Cl2NO2/c1-2-21(22-13-12-20(28)16-23(22)29)27(25-15-19-5-3-4-6-24(19)30-25)18-10-7-17(8-11-18)9-14-26(31)32/h3-16,30H,2H2,1H3,(H,31,32)/b14-9+,27-21+. The normalized spacial score (nSPS) is 12.3. The number of fused-ring (bicyclic) bond motifs is 1. The molecule has 0 saturated heterocycles. The van der Waals surface area contributed by atoms with Gasteiger partial charge in [0.25, 0.3) is 0 Å². The maximum atomic E-state index is 10.8.